The van der Waals surface area contributed by atoms with E-state index >= 15 is 0 Å². The van der Waals surface area contributed by atoms with Crippen LogP contribution in [-0.2, 0) is 7.05 Å². The van der Waals surface area contributed by atoms with Crippen molar-refractivity contribution in [3.8, 4) is 11.6 Å². The van der Waals surface area contributed by atoms with Crippen molar-refractivity contribution in [2.75, 3.05) is 0 Å². The zero-order valence-corrected chi connectivity index (χ0v) is 8.17. The number of aryl methyl sites for hydroxylation is 1. The highest BCUT2D eigenvalue weighted by molar-refractivity contribution is 6.29. The van der Waals surface area contributed by atoms with Crippen LogP contribution in [0, 0.1) is 6.92 Å². The van der Waals surface area contributed by atoms with Crippen LogP contribution < -0.4 is 0 Å². The molecule has 0 aliphatic rings. The van der Waals surface area contributed by atoms with E-state index < -0.39 is 0 Å². The van der Waals surface area contributed by atoms with Crippen LogP contribution in [0.15, 0.2) is 22.7 Å². The van der Waals surface area contributed by atoms with E-state index in [1.165, 1.54) is 0 Å². The van der Waals surface area contributed by atoms with Crippen LogP contribution in [0.1, 0.15) is 5.76 Å². The number of hydrogen-bond donors (Lipinski definition) is 0. The Morgan fingerprint density at radius 1 is 1.46 bits per heavy atom. The maximum atomic E-state index is 5.84. The normalized spacial score (nSPS) is 10.7. The molecule has 0 unspecified atom stereocenters. The van der Waals surface area contributed by atoms with Crippen molar-refractivity contribution in [2.45, 2.75) is 6.92 Å². The number of imidazole rings is 1. The molecule has 4 heteroatoms. The standard InChI is InChI=1S/C9H9ClN2O/c1-6-3-4-7(13-6)9-11-5-8(10)12(9)2/h3-5H,1-2H3. The highest BCUT2D eigenvalue weighted by atomic mass is 35.5. The zero-order chi connectivity index (χ0) is 9.42. The van der Waals surface area contributed by atoms with Crippen molar-refractivity contribution in [2.24, 2.45) is 7.05 Å². The van der Waals surface area contributed by atoms with Crippen LogP contribution >= 0.6 is 11.6 Å². The lowest BCUT2D eigenvalue weighted by molar-refractivity contribution is 0.541. The summed E-state index contributed by atoms with van der Waals surface area (Å²) in [7, 11) is 1.85. The van der Waals surface area contributed by atoms with Crippen molar-refractivity contribution >= 4 is 11.6 Å². The third kappa shape index (κ3) is 1.35. The topological polar surface area (TPSA) is 31.0 Å². The van der Waals surface area contributed by atoms with Crippen LogP contribution in [0.3, 0.4) is 0 Å². The largest absolute Gasteiger partial charge is 0.458 e. The first kappa shape index (κ1) is 8.38. The molecule has 0 radical (unpaired) electrons. The number of nitrogens with zero attached hydrogens (tertiary/aromatic N) is 2. The van der Waals surface area contributed by atoms with Gasteiger partial charge in [0, 0.05) is 7.05 Å². The Balaban J connectivity index is 2.52. The summed E-state index contributed by atoms with van der Waals surface area (Å²) < 4.78 is 7.20. The Labute approximate surface area is 81.0 Å². The van der Waals surface area contributed by atoms with E-state index in [1.807, 2.05) is 26.1 Å². The fourth-order valence-corrected chi connectivity index (χ4v) is 1.30. The van der Waals surface area contributed by atoms with Gasteiger partial charge in [-0.2, -0.15) is 0 Å². The summed E-state index contributed by atoms with van der Waals surface area (Å²) in [5, 5.41) is 0.601. The minimum Gasteiger partial charge on any atom is -0.458 e. The Morgan fingerprint density at radius 3 is 2.69 bits per heavy atom. The van der Waals surface area contributed by atoms with E-state index in [-0.39, 0.29) is 0 Å². The average molecular weight is 197 g/mol. The third-order valence-corrected chi connectivity index (χ3v) is 2.24. The van der Waals surface area contributed by atoms with Gasteiger partial charge in [-0.1, -0.05) is 11.6 Å². The first-order valence-electron chi connectivity index (χ1n) is 3.92. The van der Waals surface area contributed by atoms with Gasteiger partial charge in [-0.15, -0.1) is 0 Å². The number of rotatable bonds is 1. The highest BCUT2D eigenvalue weighted by Crippen LogP contribution is 2.22. The van der Waals surface area contributed by atoms with Crippen LogP contribution in [0.2, 0.25) is 5.15 Å². The lowest BCUT2D eigenvalue weighted by Gasteiger charge is -1.97. The molecule has 0 saturated heterocycles. The van der Waals surface area contributed by atoms with Gasteiger partial charge in [0.1, 0.15) is 10.9 Å². The fraction of sp³-hybridized carbons (Fsp3) is 0.222. The lowest BCUT2D eigenvalue weighted by atomic mass is 10.4. The Kier molecular flexibility index (Phi) is 1.88. The van der Waals surface area contributed by atoms with Crippen molar-refractivity contribution in [1.82, 2.24) is 9.55 Å². The molecular formula is C9H9ClN2O. The highest BCUT2D eigenvalue weighted by Gasteiger charge is 2.09. The van der Waals surface area contributed by atoms with E-state index in [4.69, 9.17) is 16.0 Å². The van der Waals surface area contributed by atoms with Gasteiger partial charge < -0.3 is 8.98 Å². The Bertz CT molecular complexity index is 431. The summed E-state index contributed by atoms with van der Waals surface area (Å²) in [6.45, 7) is 1.90. The molecule has 0 fully saturated rings. The second-order valence-corrected chi connectivity index (χ2v) is 3.26. The molecule has 68 valence electrons. The molecule has 3 nitrogen and oxygen atoms in total. The molecule has 2 aromatic rings. The van der Waals surface area contributed by atoms with Gasteiger partial charge in [0.2, 0.25) is 0 Å². The Morgan fingerprint density at radius 2 is 2.23 bits per heavy atom. The van der Waals surface area contributed by atoms with Crippen LogP contribution in [0.4, 0.5) is 0 Å². The van der Waals surface area contributed by atoms with Crippen LogP contribution in [0.5, 0.6) is 0 Å². The van der Waals surface area contributed by atoms with E-state index in [9.17, 15) is 0 Å². The second kappa shape index (κ2) is 2.92. The first-order valence-corrected chi connectivity index (χ1v) is 4.30. The average Bonchev–Trinajstić information content (AvgIpc) is 2.62. The second-order valence-electron chi connectivity index (χ2n) is 2.87. The molecule has 0 aromatic carbocycles. The van der Waals surface area contributed by atoms with Crippen molar-refractivity contribution in [3.05, 3.63) is 29.2 Å². The predicted molar refractivity (Wildman–Crippen MR) is 50.7 cm³/mol. The monoisotopic (exact) mass is 196 g/mol. The quantitative estimate of drug-likeness (QED) is 0.702. The van der Waals surface area contributed by atoms with Crippen molar-refractivity contribution in [1.29, 1.82) is 0 Å². The summed E-state index contributed by atoms with van der Waals surface area (Å²) in [6, 6.07) is 3.78. The first-order chi connectivity index (χ1) is 6.18. The molecule has 0 N–H and O–H groups in total. The van der Waals surface area contributed by atoms with Gasteiger partial charge in [0.25, 0.3) is 0 Å². The molecule has 0 amide bonds. The summed E-state index contributed by atoms with van der Waals surface area (Å²) in [5.74, 6) is 2.36. The maximum Gasteiger partial charge on any atom is 0.177 e. The molecule has 2 aromatic heterocycles. The summed E-state index contributed by atoms with van der Waals surface area (Å²) in [5.41, 5.74) is 0. The molecule has 0 atom stereocenters. The van der Waals surface area contributed by atoms with Gasteiger partial charge in [0.05, 0.1) is 6.20 Å². The third-order valence-electron chi connectivity index (χ3n) is 1.89. The molecular weight excluding hydrogens is 188 g/mol. The van der Waals surface area contributed by atoms with E-state index in [2.05, 4.69) is 4.98 Å². The van der Waals surface area contributed by atoms with Gasteiger partial charge in [0.15, 0.2) is 11.6 Å². The van der Waals surface area contributed by atoms with Crippen molar-refractivity contribution in [3.63, 3.8) is 0 Å². The van der Waals surface area contributed by atoms with Crippen molar-refractivity contribution < 1.29 is 4.42 Å². The summed E-state index contributed by atoms with van der Waals surface area (Å²) in [6.07, 6.45) is 1.61. The Hall–Kier alpha value is -1.22. The summed E-state index contributed by atoms with van der Waals surface area (Å²) in [4.78, 5) is 4.14. The van der Waals surface area contributed by atoms with Crippen LogP contribution in [-0.4, -0.2) is 9.55 Å². The molecule has 2 heterocycles. The minimum atomic E-state index is 0.601. The number of halogens is 1. The fourth-order valence-electron chi connectivity index (χ4n) is 1.17. The number of aromatic nitrogens is 2. The minimum absolute atomic E-state index is 0.601. The van der Waals surface area contributed by atoms with Gasteiger partial charge in [-0.25, -0.2) is 4.98 Å². The molecule has 0 bridgehead atoms. The molecule has 0 spiro atoms. The van der Waals surface area contributed by atoms with E-state index in [0.717, 1.165) is 17.3 Å². The number of furan rings is 1. The predicted octanol–water partition coefficient (Wildman–Crippen LogP) is 2.64. The summed E-state index contributed by atoms with van der Waals surface area (Å²) >= 11 is 5.84. The van der Waals surface area contributed by atoms with Gasteiger partial charge in [-0.3, -0.25) is 0 Å². The zero-order valence-electron chi connectivity index (χ0n) is 7.41. The van der Waals surface area contributed by atoms with E-state index in [0.29, 0.717) is 5.15 Å². The van der Waals surface area contributed by atoms with Gasteiger partial charge >= 0.3 is 0 Å². The smallest absolute Gasteiger partial charge is 0.177 e. The molecule has 2 rings (SSSR count). The molecule has 0 aliphatic carbocycles. The SMILES string of the molecule is Cc1ccc(-c2ncc(Cl)n2C)o1. The molecule has 0 aliphatic heterocycles. The number of hydrogen-bond acceptors (Lipinski definition) is 2. The van der Waals surface area contributed by atoms with E-state index in [1.54, 1.807) is 10.8 Å². The molecule has 13 heavy (non-hydrogen) atoms. The molecule has 0 saturated carbocycles. The maximum absolute atomic E-state index is 5.84. The van der Waals surface area contributed by atoms with Crippen LogP contribution in [0.25, 0.3) is 11.6 Å². The lowest BCUT2D eigenvalue weighted by Crippen LogP contribution is -1.90. The van der Waals surface area contributed by atoms with Gasteiger partial charge in [-0.05, 0) is 19.1 Å².